The van der Waals surface area contributed by atoms with Crippen molar-refractivity contribution in [2.24, 2.45) is 0 Å². The second-order valence-corrected chi connectivity index (χ2v) is 3.62. The summed E-state index contributed by atoms with van der Waals surface area (Å²) in [5.74, 6) is 0. The fraction of sp³-hybridized carbons (Fsp3) is 0.500. The van der Waals surface area contributed by atoms with Crippen LogP contribution >= 0.6 is 11.6 Å². The van der Waals surface area contributed by atoms with E-state index in [9.17, 15) is 0 Å². The van der Waals surface area contributed by atoms with Crippen LogP contribution in [0.5, 0.6) is 0 Å². The zero-order valence-electron chi connectivity index (χ0n) is 9.84. The van der Waals surface area contributed by atoms with Crippen molar-refractivity contribution in [3.05, 3.63) is 28.8 Å². The van der Waals surface area contributed by atoms with Crippen molar-refractivity contribution in [3.63, 3.8) is 0 Å². The van der Waals surface area contributed by atoms with Crippen LogP contribution in [0.1, 0.15) is 26.3 Å². The van der Waals surface area contributed by atoms with E-state index in [1.807, 2.05) is 45.9 Å². The van der Waals surface area contributed by atoms with Gasteiger partial charge in [-0.25, -0.2) is 0 Å². The Balaban J connectivity index is 0.000000921. The van der Waals surface area contributed by atoms with Crippen molar-refractivity contribution in [1.82, 2.24) is 0 Å². The Bertz CT molecular complexity index is 289. The Morgan fingerprint density at radius 3 is 2.47 bits per heavy atom. The summed E-state index contributed by atoms with van der Waals surface area (Å²) in [6, 6.07) is 5.72. The number of anilines is 1. The number of hydrogen-bond donors (Lipinski definition) is 2. The molecule has 0 radical (unpaired) electrons. The fourth-order valence-electron chi connectivity index (χ4n) is 1.10. The van der Waals surface area contributed by atoms with Crippen LogP contribution in [0.4, 0.5) is 5.69 Å². The lowest BCUT2D eigenvalue weighted by Crippen LogP contribution is -2.19. The molecule has 0 amide bonds. The molecule has 0 fully saturated rings. The van der Waals surface area contributed by atoms with Gasteiger partial charge >= 0.3 is 0 Å². The molecule has 0 bridgehead atoms. The summed E-state index contributed by atoms with van der Waals surface area (Å²) in [5.41, 5.74) is 2.11. The van der Waals surface area contributed by atoms with Crippen molar-refractivity contribution in [1.29, 1.82) is 0 Å². The molecule has 0 saturated carbocycles. The molecule has 3 heteroatoms. The predicted molar refractivity (Wildman–Crippen MR) is 67.7 cm³/mol. The largest absolute Gasteiger partial charge is 0.394 e. The predicted octanol–water partition coefficient (Wildman–Crippen LogP) is 3.47. The van der Waals surface area contributed by atoms with Gasteiger partial charge in [-0.1, -0.05) is 25.4 Å². The van der Waals surface area contributed by atoms with E-state index in [0.29, 0.717) is 0 Å². The third-order valence-electron chi connectivity index (χ3n) is 1.86. The summed E-state index contributed by atoms with van der Waals surface area (Å²) in [6.45, 7) is 8.04. The average Bonchev–Trinajstić information content (AvgIpc) is 2.25. The van der Waals surface area contributed by atoms with E-state index in [4.69, 9.17) is 16.7 Å². The van der Waals surface area contributed by atoms with Gasteiger partial charge in [-0.15, -0.1) is 0 Å². The highest BCUT2D eigenvalue weighted by molar-refractivity contribution is 6.30. The number of benzene rings is 1. The van der Waals surface area contributed by atoms with Gasteiger partial charge in [-0.05, 0) is 37.6 Å². The minimum absolute atomic E-state index is 0.0693. The molecule has 1 aromatic rings. The first kappa shape index (κ1) is 14.3. The first-order valence-electron chi connectivity index (χ1n) is 5.27. The third kappa shape index (κ3) is 5.05. The molecule has 0 heterocycles. The Labute approximate surface area is 97.3 Å². The highest BCUT2D eigenvalue weighted by Crippen LogP contribution is 2.19. The molecule has 0 spiro atoms. The van der Waals surface area contributed by atoms with E-state index in [0.717, 1.165) is 16.3 Å². The van der Waals surface area contributed by atoms with Gasteiger partial charge in [0.1, 0.15) is 0 Å². The molecular weight excluding hydrogens is 210 g/mol. The molecule has 0 aromatic heterocycles. The van der Waals surface area contributed by atoms with E-state index >= 15 is 0 Å². The van der Waals surface area contributed by atoms with Crippen molar-refractivity contribution < 1.29 is 5.11 Å². The molecule has 1 unspecified atom stereocenters. The smallest absolute Gasteiger partial charge is 0.0630 e. The van der Waals surface area contributed by atoms with Gasteiger partial charge in [0.15, 0.2) is 0 Å². The fourth-order valence-corrected chi connectivity index (χ4v) is 1.33. The van der Waals surface area contributed by atoms with E-state index < -0.39 is 0 Å². The van der Waals surface area contributed by atoms with Gasteiger partial charge in [0.05, 0.1) is 6.61 Å². The standard InChI is InChI=1S/C10H14ClNO.C2H6/c1-7-5-9(11)3-4-10(7)12-8(2)6-13;1-2/h3-5,8,12-13H,6H2,1-2H3;1-2H3. The van der Waals surface area contributed by atoms with E-state index in [1.165, 1.54) is 0 Å². The SMILES string of the molecule is CC.Cc1cc(Cl)ccc1NC(C)CO. The lowest BCUT2D eigenvalue weighted by Gasteiger charge is -2.14. The van der Waals surface area contributed by atoms with E-state index in [1.54, 1.807) is 0 Å². The van der Waals surface area contributed by atoms with Crippen LogP contribution in [0, 0.1) is 6.92 Å². The Kier molecular flexibility index (Phi) is 7.18. The monoisotopic (exact) mass is 229 g/mol. The highest BCUT2D eigenvalue weighted by Gasteiger charge is 2.02. The maximum absolute atomic E-state index is 8.85. The van der Waals surface area contributed by atoms with Crippen LogP contribution in [0.15, 0.2) is 18.2 Å². The second kappa shape index (κ2) is 7.55. The number of aryl methyl sites for hydroxylation is 1. The van der Waals surface area contributed by atoms with Crippen molar-refractivity contribution in [3.8, 4) is 0 Å². The highest BCUT2D eigenvalue weighted by atomic mass is 35.5. The number of aliphatic hydroxyl groups excluding tert-OH is 1. The van der Waals surface area contributed by atoms with Gasteiger partial charge < -0.3 is 10.4 Å². The lowest BCUT2D eigenvalue weighted by molar-refractivity contribution is 0.281. The normalized spacial score (nSPS) is 11.3. The summed E-state index contributed by atoms with van der Waals surface area (Å²) >= 11 is 5.81. The summed E-state index contributed by atoms with van der Waals surface area (Å²) in [7, 11) is 0. The molecule has 0 aliphatic carbocycles. The molecule has 0 saturated heterocycles. The molecule has 2 N–H and O–H groups in total. The van der Waals surface area contributed by atoms with Gasteiger partial charge in [0, 0.05) is 16.8 Å². The molecule has 0 aliphatic rings. The zero-order chi connectivity index (χ0) is 11.8. The minimum atomic E-state index is 0.0693. The molecule has 0 aliphatic heterocycles. The summed E-state index contributed by atoms with van der Waals surface area (Å²) in [6.07, 6.45) is 0. The van der Waals surface area contributed by atoms with Crippen molar-refractivity contribution in [2.75, 3.05) is 11.9 Å². The minimum Gasteiger partial charge on any atom is -0.394 e. The Morgan fingerprint density at radius 1 is 1.40 bits per heavy atom. The van der Waals surface area contributed by atoms with Gasteiger partial charge in [-0.3, -0.25) is 0 Å². The second-order valence-electron chi connectivity index (χ2n) is 3.19. The Hall–Kier alpha value is -0.730. The van der Waals surface area contributed by atoms with Crippen LogP contribution in [-0.2, 0) is 0 Å². The van der Waals surface area contributed by atoms with Crippen LogP contribution in [0.2, 0.25) is 5.02 Å². The molecule has 1 aromatic carbocycles. The van der Waals surface area contributed by atoms with E-state index in [2.05, 4.69) is 5.32 Å². The molecule has 15 heavy (non-hydrogen) atoms. The van der Waals surface area contributed by atoms with Crippen LogP contribution in [0.3, 0.4) is 0 Å². The van der Waals surface area contributed by atoms with Crippen LogP contribution in [-0.4, -0.2) is 17.8 Å². The quantitative estimate of drug-likeness (QED) is 0.832. The number of nitrogens with one attached hydrogen (secondary N) is 1. The number of aliphatic hydroxyl groups is 1. The van der Waals surface area contributed by atoms with Crippen LogP contribution in [0.25, 0.3) is 0 Å². The molecule has 86 valence electrons. The molecular formula is C12H20ClNO. The van der Waals surface area contributed by atoms with Crippen molar-refractivity contribution >= 4 is 17.3 Å². The molecule has 1 rings (SSSR count). The Morgan fingerprint density at radius 2 is 2.00 bits per heavy atom. The maximum Gasteiger partial charge on any atom is 0.0630 e. The number of rotatable bonds is 3. The van der Waals surface area contributed by atoms with Gasteiger partial charge in [0.2, 0.25) is 0 Å². The van der Waals surface area contributed by atoms with Gasteiger partial charge in [0.25, 0.3) is 0 Å². The first-order valence-corrected chi connectivity index (χ1v) is 5.65. The lowest BCUT2D eigenvalue weighted by atomic mass is 10.2. The summed E-state index contributed by atoms with van der Waals surface area (Å²) in [5, 5.41) is 12.8. The maximum atomic E-state index is 8.85. The average molecular weight is 230 g/mol. The number of halogens is 1. The zero-order valence-corrected chi connectivity index (χ0v) is 10.6. The topological polar surface area (TPSA) is 32.3 Å². The summed E-state index contributed by atoms with van der Waals surface area (Å²) < 4.78 is 0. The summed E-state index contributed by atoms with van der Waals surface area (Å²) in [4.78, 5) is 0. The molecule has 2 nitrogen and oxygen atoms in total. The van der Waals surface area contributed by atoms with Gasteiger partial charge in [-0.2, -0.15) is 0 Å². The van der Waals surface area contributed by atoms with E-state index in [-0.39, 0.29) is 12.6 Å². The first-order chi connectivity index (χ1) is 7.13. The molecule has 1 atom stereocenters. The third-order valence-corrected chi connectivity index (χ3v) is 2.10. The van der Waals surface area contributed by atoms with Crippen LogP contribution < -0.4 is 5.32 Å². The number of hydrogen-bond acceptors (Lipinski definition) is 2. The van der Waals surface area contributed by atoms with Crippen molar-refractivity contribution in [2.45, 2.75) is 33.7 Å².